The molecule has 0 spiro atoms. The van der Waals surface area contributed by atoms with Gasteiger partial charge in [0, 0.05) is 18.8 Å². The summed E-state index contributed by atoms with van der Waals surface area (Å²) in [5, 5.41) is 14.3. The number of thiophene rings is 1. The molecule has 3 nitrogen and oxygen atoms in total. The Morgan fingerprint density at radius 2 is 1.94 bits per heavy atom. The molecular weight excluding hydrogens is 244 g/mol. The third-order valence-electron chi connectivity index (χ3n) is 2.89. The summed E-state index contributed by atoms with van der Waals surface area (Å²) in [5.74, 6) is 0. The molecule has 1 aromatic carbocycles. The van der Waals surface area contributed by atoms with E-state index in [1.807, 2.05) is 29.6 Å². The number of rotatable bonds is 3. The second-order valence-electron chi connectivity index (χ2n) is 4.16. The number of nitrogens with zero attached hydrogens (tertiary/aromatic N) is 2. The van der Waals surface area contributed by atoms with Crippen LogP contribution in [0.1, 0.15) is 17.2 Å². The summed E-state index contributed by atoms with van der Waals surface area (Å²) in [5.41, 5.74) is 3.71. The Morgan fingerprint density at radius 1 is 1.11 bits per heavy atom. The van der Waals surface area contributed by atoms with Crippen molar-refractivity contribution in [3.8, 4) is 0 Å². The van der Waals surface area contributed by atoms with Crippen molar-refractivity contribution in [3.05, 3.63) is 58.5 Å². The molecule has 1 atom stereocenters. The van der Waals surface area contributed by atoms with E-state index in [1.165, 1.54) is 0 Å². The summed E-state index contributed by atoms with van der Waals surface area (Å²) in [6, 6.07) is 7.75. The highest BCUT2D eigenvalue weighted by Crippen LogP contribution is 2.22. The minimum atomic E-state index is -0.494. The van der Waals surface area contributed by atoms with Gasteiger partial charge in [-0.25, -0.2) is 0 Å². The first-order valence-corrected chi connectivity index (χ1v) is 6.67. The molecule has 3 rings (SSSR count). The maximum atomic E-state index is 10.2. The van der Waals surface area contributed by atoms with E-state index in [4.69, 9.17) is 0 Å². The largest absolute Gasteiger partial charge is 0.388 e. The first-order valence-electron chi connectivity index (χ1n) is 5.73. The van der Waals surface area contributed by atoms with Crippen LogP contribution in [-0.2, 0) is 6.42 Å². The Bertz CT molecular complexity index is 652. The highest BCUT2D eigenvalue weighted by Gasteiger charge is 2.10. The number of aliphatic hydroxyl groups is 1. The van der Waals surface area contributed by atoms with Crippen molar-refractivity contribution in [2.45, 2.75) is 12.5 Å². The van der Waals surface area contributed by atoms with Gasteiger partial charge >= 0.3 is 0 Å². The molecule has 1 N–H and O–H groups in total. The zero-order chi connectivity index (χ0) is 12.4. The van der Waals surface area contributed by atoms with Gasteiger partial charge in [0.05, 0.1) is 17.1 Å². The number of hydrogen-bond donors (Lipinski definition) is 1. The molecule has 0 saturated heterocycles. The quantitative estimate of drug-likeness (QED) is 0.783. The van der Waals surface area contributed by atoms with Gasteiger partial charge < -0.3 is 5.11 Å². The number of fused-ring (bicyclic) bond motifs is 1. The third-order valence-corrected chi connectivity index (χ3v) is 3.62. The Labute approximate surface area is 109 Å². The molecule has 0 radical (unpaired) electrons. The monoisotopic (exact) mass is 256 g/mol. The molecule has 0 saturated carbocycles. The van der Waals surface area contributed by atoms with Crippen LogP contribution >= 0.6 is 11.3 Å². The maximum Gasteiger partial charge on any atom is 0.0890 e. The molecule has 3 aromatic rings. The van der Waals surface area contributed by atoms with Crippen molar-refractivity contribution in [1.82, 2.24) is 9.97 Å². The third kappa shape index (κ3) is 2.25. The fraction of sp³-hybridized carbons (Fsp3) is 0.143. The number of aliphatic hydroxyl groups excluding tert-OH is 1. The molecule has 1 unspecified atom stereocenters. The lowest BCUT2D eigenvalue weighted by molar-refractivity contribution is 0.178. The van der Waals surface area contributed by atoms with Crippen LogP contribution in [0.2, 0.25) is 0 Å². The first kappa shape index (κ1) is 11.3. The molecule has 0 fully saturated rings. The van der Waals surface area contributed by atoms with Gasteiger partial charge in [0.1, 0.15) is 0 Å². The molecule has 0 aliphatic heterocycles. The molecule has 2 heterocycles. The van der Waals surface area contributed by atoms with Crippen LogP contribution in [0.25, 0.3) is 11.0 Å². The fourth-order valence-electron chi connectivity index (χ4n) is 1.94. The van der Waals surface area contributed by atoms with Crippen LogP contribution in [0.4, 0.5) is 0 Å². The average Bonchev–Trinajstić information content (AvgIpc) is 2.91. The van der Waals surface area contributed by atoms with E-state index in [1.54, 1.807) is 23.7 Å². The minimum absolute atomic E-state index is 0.494. The molecule has 0 aliphatic rings. The Hall–Kier alpha value is -1.78. The van der Waals surface area contributed by atoms with Crippen LogP contribution in [-0.4, -0.2) is 15.1 Å². The van der Waals surface area contributed by atoms with Gasteiger partial charge in [0.2, 0.25) is 0 Å². The molecule has 18 heavy (non-hydrogen) atoms. The fourth-order valence-corrected chi connectivity index (χ4v) is 2.62. The zero-order valence-corrected chi connectivity index (χ0v) is 10.5. The second kappa shape index (κ2) is 4.84. The molecule has 2 aromatic heterocycles. The topological polar surface area (TPSA) is 46.0 Å². The van der Waals surface area contributed by atoms with Gasteiger partial charge in [0.15, 0.2) is 0 Å². The number of benzene rings is 1. The van der Waals surface area contributed by atoms with E-state index in [2.05, 4.69) is 15.3 Å². The standard InChI is InChI=1S/C14H12N2OS/c17-14(7-10-3-6-18-9-10)11-1-2-12-13(8-11)16-5-4-15-12/h1-6,8-9,14,17H,7H2. The predicted octanol–water partition coefficient (Wildman–Crippen LogP) is 2.97. The zero-order valence-electron chi connectivity index (χ0n) is 9.65. The van der Waals surface area contributed by atoms with Gasteiger partial charge in [0.25, 0.3) is 0 Å². The van der Waals surface area contributed by atoms with Crippen molar-refractivity contribution in [2.24, 2.45) is 0 Å². The van der Waals surface area contributed by atoms with Crippen molar-refractivity contribution in [3.63, 3.8) is 0 Å². The van der Waals surface area contributed by atoms with E-state index < -0.39 is 6.10 Å². The lowest BCUT2D eigenvalue weighted by Crippen LogP contribution is -2.01. The van der Waals surface area contributed by atoms with E-state index in [-0.39, 0.29) is 0 Å². The van der Waals surface area contributed by atoms with Gasteiger partial charge in [-0.05, 0) is 40.1 Å². The van der Waals surface area contributed by atoms with Gasteiger partial charge in [-0.1, -0.05) is 6.07 Å². The molecule has 0 bridgehead atoms. The smallest absolute Gasteiger partial charge is 0.0890 e. The SMILES string of the molecule is OC(Cc1ccsc1)c1ccc2nccnc2c1. The average molecular weight is 256 g/mol. The summed E-state index contributed by atoms with van der Waals surface area (Å²) < 4.78 is 0. The van der Waals surface area contributed by atoms with Crippen LogP contribution in [0.15, 0.2) is 47.4 Å². The van der Waals surface area contributed by atoms with E-state index in [9.17, 15) is 5.11 Å². The van der Waals surface area contributed by atoms with Crippen molar-refractivity contribution >= 4 is 22.4 Å². The summed E-state index contributed by atoms with van der Waals surface area (Å²) in [4.78, 5) is 8.46. The Balaban J connectivity index is 1.89. The van der Waals surface area contributed by atoms with E-state index >= 15 is 0 Å². The molecule has 90 valence electrons. The second-order valence-corrected chi connectivity index (χ2v) is 4.94. The summed E-state index contributed by atoms with van der Waals surface area (Å²) >= 11 is 1.65. The van der Waals surface area contributed by atoms with E-state index in [0.717, 1.165) is 22.2 Å². The molecule has 0 aliphatic carbocycles. The van der Waals surface area contributed by atoms with Crippen molar-refractivity contribution in [2.75, 3.05) is 0 Å². The minimum Gasteiger partial charge on any atom is -0.388 e. The summed E-state index contributed by atoms with van der Waals surface area (Å²) in [7, 11) is 0. The molecule has 4 heteroatoms. The van der Waals surface area contributed by atoms with Crippen molar-refractivity contribution < 1.29 is 5.11 Å². The Morgan fingerprint density at radius 3 is 2.72 bits per heavy atom. The highest BCUT2D eigenvalue weighted by atomic mass is 32.1. The van der Waals surface area contributed by atoms with E-state index in [0.29, 0.717) is 6.42 Å². The predicted molar refractivity (Wildman–Crippen MR) is 72.5 cm³/mol. The van der Waals surface area contributed by atoms with Crippen LogP contribution in [0.3, 0.4) is 0 Å². The maximum absolute atomic E-state index is 10.2. The molecule has 0 amide bonds. The highest BCUT2D eigenvalue weighted by molar-refractivity contribution is 7.07. The number of aromatic nitrogens is 2. The van der Waals surface area contributed by atoms with Crippen LogP contribution in [0.5, 0.6) is 0 Å². The number of hydrogen-bond acceptors (Lipinski definition) is 4. The summed E-state index contributed by atoms with van der Waals surface area (Å²) in [6.07, 6.45) is 3.47. The van der Waals surface area contributed by atoms with Gasteiger partial charge in [-0.15, -0.1) is 0 Å². The summed E-state index contributed by atoms with van der Waals surface area (Å²) in [6.45, 7) is 0. The van der Waals surface area contributed by atoms with Gasteiger partial charge in [-0.2, -0.15) is 11.3 Å². The lowest BCUT2D eigenvalue weighted by atomic mass is 10.0. The van der Waals surface area contributed by atoms with Crippen LogP contribution in [0, 0.1) is 0 Å². The van der Waals surface area contributed by atoms with Crippen molar-refractivity contribution in [1.29, 1.82) is 0 Å². The van der Waals surface area contributed by atoms with Crippen LogP contribution < -0.4 is 0 Å². The first-order chi connectivity index (χ1) is 8.83. The Kier molecular flexibility index (Phi) is 3.04. The lowest BCUT2D eigenvalue weighted by Gasteiger charge is -2.10. The normalized spacial score (nSPS) is 12.7. The molecular formula is C14H12N2OS. The van der Waals surface area contributed by atoms with Gasteiger partial charge in [-0.3, -0.25) is 9.97 Å².